The molecule has 6 heteroatoms. The van der Waals surface area contributed by atoms with Crippen molar-refractivity contribution in [2.45, 2.75) is 91.6 Å². The average molecular weight is 458 g/mol. The molecule has 0 aromatic heterocycles. The van der Waals surface area contributed by atoms with Gasteiger partial charge in [0.2, 0.25) is 11.8 Å². The van der Waals surface area contributed by atoms with Crippen molar-refractivity contribution in [1.82, 2.24) is 15.1 Å². The minimum atomic E-state index is -0.572. The van der Waals surface area contributed by atoms with Crippen LogP contribution in [-0.4, -0.2) is 59.2 Å². The topological polar surface area (TPSA) is 69.7 Å². The lowest BCUT2D eigenvalue weighted by atomic mass is 9.96. The van der Waals surface area contributed by atoms with E-state index < -0.39 is 6.04 Å². The summed E-state index contributed by atoms with van der Waals surface area (Å²) in [6.07, 6.45) is 7.02. The van der Waals surface area contributed by atoms with Crippen molar-refractivity contribution < 1.29 is 14.4 Å². The van der Waals surface area contributed by atoms with Crippen molar-refractivity contribution in [1.29, 1.82) is 0 Å². The number of aryl methyl sites for hydroxylation is 1. The third kappa shape index (κ3) is 7.86. The Hall–Kier alpha value is -2.37. The van der Waals surface area contributed by atoms with Crippen LogP contribution in [0.3, 0.4) is 0 Å². The monoisotopic (exact) mass is 457 g/mol. The smallest absolute Gasteiger partial charge is 0.251 e. The molecular formula is C27H43N3O3. The molecular weight excluding hydrogens is 414 g/mol. The number of nitrogens with one attached hydrogen (secondary N) is 1. The van der Waals surface area contributed by atoms with Crippen LogP contribution >= 0.6 is 0 Å². The second-order valence-corrected chi connectivity index (χ2v) is 9.59. The SMILES string of the molecule is CCCCCCCC(=O)N1CCN(C(=O)[C@H](NC(=O)c2ccc(C)cc2)[C@@H](C)CC)C[C@H]1C. The van der Waals surface area contributed by atoms with Crippen LogP contribution < -0.4 is 5.32 Å². The highest BCUT2D eigenvalue weighted by molar-refractivity contribution is 5.97. The third-order valence-corrected chi connectivity index (χ3v) is 6.83. The van der Waals surface area contributed by atoms with Crippen molar-refractivity contribution in [2.75, 3.05) is 19.6 Å². The predicted octanol–water partition coefficient (Wildman–Crippen LogP) is 4.56. The highest BCUT2D eigenvalue weighted by Crippen LogP contribution is 2.18. The quantitative estimate of drug-likeness (QED) is 0.495. The van der Waals surface area contributed by atoms with Crippen LogP contribution in [0.1, 0.15) is 88.6 Å². The van der Waals surface area contributed by atoms with E-state index in [0.717, 1.165) is 24.8 Å². The molecule has 2 rings (SSSR count). The summed E-state index contributed by atoms with van der Waals surface area (Å²) >= 11 is 0. The van der Waals surface area contributed by atoms with Gasteiger partial charge in [-0.25, -0.2) is 0 Å². The van der Waals surface area contributed by atoms with E-state index in [4.69, 9.17) is 0 Å². The van der Waals surface area contributed by atoms with Gasteiger partial charge < -0.3 is 15.1 Å². The molecule has 0 bridgehead atoms. The van der Waals surface area contributed by atoms with Gasteiger partial charge in [-0.15, -0.1) is 0 Å². The van der Waals surface area contributed by atoms with Crippen LogP contribution in [0.15, 0.2) is 24.3 Å². The van der Waals surface area contributed by atoms with E-state index in [1.54, 1.807) is 12.1 Å². The summed E-state index contributed by atoms with van der Waals surface area (Å²) in [5.41, 5.74) is 1.65. The molecule has 0 spiro atoms. The zero-order chi connectivity index (χ0) is 24.4. The first-order valence-electron chi connectivity index (χ1n) is 12.7. The molecule has 1 aromatic rings. The van der Waals surface area contributed by atoms with Gasteiger partial charge in [0.05, 0.1) is 0 Å². The molecule has 1 heterocycles. The lowest BCUT2D eigenvalue weighted by Gasteiger charge is -2.41. The molecule has 0 aliphatic carbocycles. The Labute approximate surface area is 200 Å². The normalized spacial score (nSPS) is 18.0. The number of rotatable bonds is 11. The van der Waals surface area contributed by atoms with Crippen LogP contribution in [0, 0.1) is 12.8 Å². The number of benzene rings is 1. The maximum Gasteiger partial charge on any atom is 0.251 e. The van der Waals surface area contributed by atoms with E-state index in [1.807, 2.05) is 49.6 Å². The van der Waals surface area contributed by atoms with E-state index in [9.17, 15) is 14.4 Å². The van der Waals surface area contributed by atoms with Gasteiger partial charge in [-0.1, -0.05) is 70.6 Å². The van der Waals surface area contributed by atoms with Crippen molar-refractivity contribution in [2.24, 2.45) is 5.92 Å². The van der Waals surface area contributed by atoms with Crippen LogP contribution in [0.4, 0.5) is 0 Å². The van der Waals surface area contributed by atoms with Crippen LogP contribution in [0.5, 0.6) is 0 Å². The summed E-state index contributed by atoms with van der Waals surface area (Å²) in [5, 5.41) is 2.98. The first-order valence-corrected chi connectivity index (χ1v) is 12.7. The van der Waals surface area contributed by atoms with E-state index in [0.29, 0.717) is 31.6 Å². The van der Waals surface area contributed by atoms with Crippen LogP contribution in [0.25, 0.3) is 0 Å². The van der Waals surface area contributed by atoms with E-state index in [2.05, 4.69) is 12.2 Å². The lowest BCUT2D eigenvalue weighted by Crippen LogP contribution is -2.60. The van der Waals surface area contributed by atoms with Gasteiger partial charge in [-0.3, -0.25) is 14.4 Å². The number of carbonyl (C=O) groups is 3. The van der Waals surface area contributed by atoms with Gasteiger partial charge in [0.1, 0.15) is 6.04 Å². The molecule has 0 unspecified atom stereocenters. The second-order valence-electron chi connectivity index (χ2n) is 9.59. The summed E-state index contributed by atoms with van der Waals surface area (Å²) in [5.74, 6) is -0.0656. The second kappa shape index (κ2) is 13.4. The Morgan fingerprint density at radius 1 is 1.03 bits per heavy atom. The number of piperazine rings is 1. The number of unbranched alkanes of at least 4 members (excludes halogenated alkanes) is 4. The Balaban J connectivity index is 1.96. The Kier molecular flexibility index (Phi) is 10.9. The van der Waals surface area contributed by atoms with E-state index in [1.165, 1.54) is 19.3 Å². The van der Waals surface area contributed by atoms with Gasteiger partial charge in [0, 0.05) is 37.7 Å². The summed E-state index contributed by atoms with van der Waals surface area (Å²) < 4.78 is 0. The molecule has 0 radical (unpaired) electrons. The molecule has 1 saturated heterocycles. The molecule has 0 saturated carbocycles. The highest BCUT2D eigenvalue weighted by atomic mass is 16.2. The number of carbonyl (C=O) groups excluding carboxylic acids is 3. The van der Waals surface area contributed by atoms with Gasteiger partial charge in [0.15, 0.2) is 0 Å². The molecule has 3 atom stereocenters. The zero-order valence-electron chi connectivity index (χ0n) is 21.2. The number of hydrogen-bond acceptors (Lipinski definition) is 3. The molecule has 3 amide bonds. The molecule has 1 fully saturated rings. The average Bonchev–Trinajstić information content (AvgIpc) is 2.81. The van der Waals surface area contributed by atoms with Gasteiger partial charge in [-0.05, 0) is 38.3 Å². The summed E-state index contributed by atoms with van der Waals surface area (Å²) in [4.78, 5) is 42.7. The standard InChI is InChI=1S/C27H43N3O3/c1-6-8-9-10-11-12-24(31)30-18-17-29(19-22(30)5)27(33)25(21(4)7-2)28-26(32)23-15-13-20(3)14-16-23/h13-16,21-22,25H,6-12,17-19H2,1-5H3,(H,28,32)/t21-,22+,25+/m0/s1. The summed E-state index contributed by atoms with van der Waals surface area (Å²) in [6, 6.07) is 6.79. The number of amides is 3. The minimum absolute atomic E-state index is 0.0174. The first-order chi connectivity index (χ1) is 15.8. The lowest BCUT2D eigenvalue weighted by molar-refractivity contribution is -0.144. The van der Waals surface area contributed by atoms with Crippen LogP contribution in [0.2, 0.25) is 0 Å². The van der Waals surface area contributed by atoms with Gasteiger partial charge in [-0.2, -0.15) is 0 Å². The van der Waals surface area contributed by atoms with E-state index >= 15 is 0 Å². The molecule has 1 aromatic carbocycles. The van der Waals surface area contributed by atoms with Crippen LogP contribution in [-0.2, 0) is 9.59 Å². The largest absolute Gasteiger partial charge is 0.340 e. The molecule has 1 N–H and O–H groups in total. The number of nitrogens with zero attached hydrogens (tertiary/aromatic N) is 2. The maximum absolute atomic E-state index is 13.4. The van der Waals surface area contributed by atoms with Crippen molar-refractivity contribution >= 4 is 17.7 Å². The van der Waals surface area contributed by atoms with Crippen molar-refractivity contribution in [3.05, 3.63) is 35.4 Å². The van der Waals surface area contributed by atoms with E-state index in [-0.39, 0.29) is 29.7 Å². The van der Waals surface area contributed by atoms with Crippen molar-refractivity contribution in [3.63, 3.8) is 0 Å². The third-order valence-electron chi connectivity index (χ3n) is 6.83. The number of hydrogen-bond donors (Lipinski definition) is 1. The molecule has 1 aliphatic rings. The summed E-state index contributed by atoms with van der Waals surface area (Å²) in [6.45, 7) is 11.8. The van der Waals surface area contributed by atoms with Gasteiger partial charge >= 0.3 is 0 Å². The summed E-state index contributed by atoms with van der Waals surface area (Å²) in [7, 11) is 0. The van der Waals surface area contributed by atoms with Gasteiger partial charge in [0.25, 0.3) is 5.91 Å². The highest BCUT2D eigenvalue weighted by Gasteiger charge is 2.35. The minimum Gasteiger partial charge on any atom is -0.340 e. The zero-order valence-corrected chi connectivity index (χ0v) is 21.2. The molecule has 184 valence electrons. The Morgan fingerprint density at radius 3 is 2.30 bits per heavy atom. The Morgan fingerprint density at radius 2 is 1.70 bits per heavy atom. The fourth-order valence-electron chi connectivity index (χ4n) is 4.36. The fraction of sp³-hybridized carbons (Fsp3) is 0.667. The first kappa shape index (κ1) is 26.9. The Bertz CT molecular complexity index is 777. The molecule has 6 nitrogen and oxygen atoms in total. The fourth-order valence-corrected chi connectivity index (χ4v) is 4.36. The predicted molar refractivity (Wildman–Crippen MR) is 133 cm³/mol. The maximum atomic E-state index is 13.4. The van der Waals surface area contributed by atoms with Crippen molar-refractivity contribution in [3.8, 4) is 0 Å². The molecule has 33 heavy (non-hydrogen) atoms. The molecule has 1 aliphatic heterocycles.